The number of rotatable bonds is 0. The Labute approximate surface area is 75.0 Å². The van der Waals surface area contributed by atoms with Crippen LogP contribution in [0.3, 0.4) is 0 Å². The summed E-state index contributed by atoms with van der Waals surface area (Å²) in [6.45, 7) is 0. The lowest BCUT2D eigenvalue weighted by Crippen LogP contribution is -1.84. The SMILES string of the molecule is Cn1c(Cl)cc2cc(O)ccc21. The van der Waals surface area contributed by atoms with Crippen molar-refractivity contribution in [2.75, 3.05) is 0 Å². The van der Waals surface area contributed by atoms with E-state index in [0.29, 0.717) is 5.15 Å². The molecule has 1 aromatic carbocycles. The minimum absolute atomic E-state index is 0.268. The molecule has 2 aromatic rings. The summed E-state index contributed by atoms with van der Waals surface area (Å²) < 4.78 is 1.87. The number of nitrogens with zero attached hydrogens (tertiary/aromatic N) is 1. The Kier molecular flexibility index (Phi) is 1.51. The molecule has 1 aromatic heterocycles. The molecule has 0 radical (unpaired) electrons. The van der Waals surface area contributed by atoms with Crippen molar-refractivity contribution in [2.45, 2.75) is 0 Å². The van der Waals surface area contributed by atoms with E-state index < -0.39 is 0 Å². The second-order valence-electron chi connectivity index (χ2n) is 2.77. The lowest BCUT2D eigenvalue weighted by Gasteiger charge is -1.96. The molecule has 2 rings (SSSR count). The van der Waals surface area contributed by atoms with Crippen LogP contribution in [-0.4, -0.2) is 9.67 Å². The Balaban J connectivity index is 2.87. The minimum atomic E-state index is 0.268. The molecule has 0 spiro atoms. The summed E-state index contributed by atoms with van der Waals surface area (Å²) >= 11 is 5.89. The van der Waals surface area contributed by atoms with E-state index >= 15 is 0 Å². The number of benzene rings is 1. The Bertz CT molecular complexity index is 433. The molecule has 0 amide bonds. The Hall–Kier alpha value is -1.15. The first-order chi connectivity index (χ1) is 5.68. The van der Waals surface area contributed by atoms with Crippen LogP contribution in [0.4, 0.5) is 0 Å². The number of phenolic OH excluding ortho intramolecular Hbond substituents is 1. The molecule has 0 unspecified atom stereocenters. The third-order valence-corrected chi connectivity index (χ3v) is 2.33. The lowest BCUT2D eigenvalue weighted by molar-refractivity contribution is 0.476. The Morgan fingerprint density at radius 1 is 1.33 bits per heavy atom. The van der Waals surface area contributed by atoms with E-state index in [2.05, 4.69) is 0 Å². The minimum Gasteiger partial charge on any atom is -0.508 e. The second kappa shape index (κ2) is 2.42. The maximum atomic E-state index is 9.18. The third-order valence-electron chi connectivity index (χ3n) is 1.97. The summed E-state index contributed by atoms with van der Waals surface area (Å²) in [4.78, 5) is 0. The van der Waals surface area contributed by atoms with E-state index in [0.717, 1.165) is 10.9 Å². The highest BCUT2D eigenvalue weighted by Gasteiger charge is 2.02. The van der Waals surface area contributed by atoms with Gasteiger partial charge in [-0.15, -0.1) is 0 Å². The van der Waals surface area contributed by atoms with Gasteiger partial charge < -0.3 is 9.67 Å². The Morgan fingerprint density at radius 2 is 2.08 bits per heavy atom. The van der Waals surface area contributed by atoms with E-state index in [9.17, 15) is 5.11 Å². The summed E-state index contributed by atoms with van der Waals surface area (Å²) in [5.74, 6) is 0.268. The molecule has 0 bridgehead atoms. The van der Waals surface area contributed by atoms with Crippen LogP contribution in [0.15, 0.2) is 24.3 Å². The number of hydrogen-bond donors (Lipinski definition) is 1. The monoisotopic (exact) mass is 181 g/mol. The van der Waals surface area contributed by atoms with Gasteiger partial charge in [0.25, 0.3) is 0 Å². The molecule has 3 heteroatoms. The third kappa shape index (κ3) is 0.959. The normalized spacial score (nSPS) is 10.8. The van der Waals surface area contributed by atoms with Crippen molar-refractivity contribution in [3.63, 3.8) is 0 Å². The fourth-order valence-electron chi connectivity index (χ4n) is 1.30. The van der Waals surface area contributed by atoms with Gasteiger partial charge in [-0.1, -0.05) is 11.6 Å². The molecule has 0 aliphatic rings. The van der Waals surface area contributed by atoms with Crippen molar-refractivity contribution >= 4 is 22.5 Å². The van der Waals surface area contributed by atoms with Crippen LogP contribution in [0, 0.1) is 0 Å². The van der Waals surface area contributed by atoms with Crippen molar-refractivity contribution in [2.24, 2.45) is 7.05 Å². The van der Waals surface area contributed by atoms with Gasteiger partial charge in [0.05, 0.1) is 0 Å². The van der Waals surface area contributed by atoms with Gasteiger partial charge in [0, 0.05) is 18.0 Å². The standard InChI is InChI=1S/C9H8ClNO/c1-11-8-3-2-7(12)4-6(8)5-9(11)10/h2-5,12H,1H3. The number of halogens is 1. The van der Waals surface area contributed by atoms with Crippen molar-refractivity contribution < 1.29 is 5.11 Å². The number of fused-ring (bicyclic) bond motifs is 1. The first kappa shape index (κ1) is 7.50. The zero-order valence-corrected chi connectivity index (χ0v) is 7.34. The van der Waals surface area contributed by atoms with Gasteiger partial charge in [-0.25, -0.2) is 0 Å². The maximum Gasteiger partial charge on any atom is 0.116 e. The number of phenols is 1. The lowest BCUT2D eigenvalue weighted by atomic mass is 10.2. The van der Waals surface area contributed by atoms with E-state index in [1.807, 2.05) is 23.7 Å². The Morgan fingerprint density at radius 3 is 2.83 bits per heavy atom. The van der Waals surface area contributed by atoms with Crippen molar-refractivity contribution in [3.8, 4) is 5.75 Å². The van der Waals surface area contributed by atoms with Crippen LogP contribution in [0.2, 0.25) is 5.15 Å². The summed E-state index contributed by atoms with van der Waals surface area (Å²) in [6.07, 6.45) is 0. The van der Waals surface area contributed by atoms with Crippen molar-refractivity contribution in [1.29, 1.82) is 0 Å². The van der Waals surface area contributed by atoms with E-state index in [1.54, 1.807) is 12.1 Å². The van der Waals surface area contributed by atoms with E-state index in [4.69, 9.17) is 11.6 Å². The van der Waals surface area contributed by atoms with Gasteiger partial charge >= 0.3 is 0 Å². The van der Waals surface area contributed by atoms with Gasteiger partial charge in [-0.3, -0.25) is 0 Å². The topological polar surface area (TPSA) is 25.2 Å². The molecule has 0 saturated heterocycles. The predicted molar refractivity (Wildman–Crippen MR) is 49.6 cm³/mol. The zero-order valence-electron chi connectivity index (χ0n) is 6.58. The van der Waals surface area contributed by atoms with Crippen molar-refractivity contribution in [3.05, 3.63) is 29.4 Å². The average molecular weight is 182 g/mol. The van der Waals surface area contributed by atoms with Gasteiger partial charge in [0.2, 0.25) is 0 Å². The van der Waals surface area contributed by atoms with Crippen LogP contribution < -0.4 is 0 Å². The molecule has 1 heterocycles. The number of aromatic hydroxyl groups is 1. The molecule has 62 valence electrons. The summed E-state index contributed by atoms with van der Waals surface area (Å²) in [6, 6.07) is 7.02. The van der Waals surface area contributed by atoms with Crippen LogP contribution in [0.25, 0.3) is 10.9 Å². The largest absolute Gasteiger partial charge is 0.508 e. The number of aryl methyl sites for hydroxylation is 1. The van der Waals surface area contributed by atoms with Crippen LogP contribution in [0.5, 0.6) is 5.75 Å². The van der Waals surface area contributed by atoms with Crippen LogP contribution in [0.1, 0.15) is 0 Å². The molecule has 2 nitrogen and oxygen atoms in total. The molecule has 12 heavy (non-hydrogen) atoms. The molecule has 0 saturated carbocycles. The van der Waals surface area contributed by atoms with Gasteiger partial charge in [0.1, 0.15) is 10.9 Å². The molecule has 1 N–H and O–H groups in total. The van der Waals surface area contributed by atoms with E-state index in [1.165, 1.54) is 0 Å². The quantitative estimate of drug-likeness (QED) is 0.664. The summed E-state index contributed by atoms with van der Waals surface area (Å²) in [7, 11) is 1.89. The van der Waals surface area contributed by atoms with Crippen LogP contribution in [-0.2, 0) is 7.05 Å². The average Bonchev–Trinajstić information content (AvgIpc) is 2.28. The fourth-order valence-corrected chi connectivity index (χ4v) is 1.51. The smallest absolute Gasteiger partial charge is 0.116 e. The molecule has 0 aliphatic carbocycles. The van der Waals surface area contributed by atoms with Gasteiger partial charge in [-0.2, -0.15) is 0 Å². The highest BCUT2D eigenvalue weighted by molar-refractivity contribution is 6.30. The molecular weight excluding hydrogens is 174 g/mol. The highest BCUT2D eigenvalue weighted by atomic mass is 35.5. The number of aromatic nitrogens is 1. The maximum absolute atomic E-state index is 9.18. The molecule has 0 aliphatic heterocycles. The molecule has 0 atom stereocenters. The second-order valence-corrected chi connectivity index (χ2v) is 3.16. The number of hydrogen-bond acceptors (Lipinski definition) is 1. The van der Waals surface area contributed by atoms with Gasteiger partial charge in [-0.05, 0) is 24.3 Å². The molecular formula is C9H8ClNO. The van der Waals surface area contributed by atoms with Crippen molar-refractivity contribution in [1.82, 2.24) is 4.57 Å². The zero-order chi connectivity index (χ0) is 8.72. The predicted octanol–water partition coefficient (Wildman–Crippen LogP) is 2.54. The summed E-state index contributed by atoms with van der Waals surface area (Å²) in [5, 5.41) is 10.8. The fraction of sp³-hybridized carbons (Fsp3) is 0.111. The summed E-state index contributed by atoms with van der Waals surface area (Å²) in [5.41, 5.74) is 1.03. The highest BCUT2D eigenvalue weighted by Crippen LogP contribution is 2.25. The van der Waals surface area contributed by atoms with Gasteiger partial charge in [0.15, 0.2) is 0 Å². The first-order valence-electron chi connectivity index (χ1n) is 3.62. The first-order valence-corrected chi connectivity index (χ1v) is 4.00. The van der Waals surface area contributed by atoms with E-state index in [-0.39, 0.29) is 5.75 Å². The van der Waals surface area contributed by atoms with Crippen LogP contribution >= 0.6 is 11.6 Å². The molecule has 0 fully saturated rings.